The van der Waals surface area contributed by atoms with Crippen LogP contribution in [-0.4, -0.2) is 50.2 Å². The van der Waals surface area contributed by atoms with Crippen LogP contribution < -0.4 is 14.8 Å². The lowest BCUT2D eigenvalue weighted by atomic mass is 9.77. The molecule has 7 rings (SSSR count). The van der Waals surface area contributed by atoms with Gasteiger partial charge in [-0.05, 0) is 102 Å². The largest absolute Gasteiger partial charge is 0.748 e. The number of alkyl halides is 3. The quantitative estimate of drug-likeness (QED) is 0.0659. The van der Waals surface area contributed by atoms with Crippen LogP contribution >= 0.6 is 34.9 Å². The van der Waals surface area contributed by atoms with Crippen molar-refractivity contribution in [2.45, 2.75) is 61.0 Å². The van der Waals surface area contributed by atoms with Crippen molar-refractivity contribution in [2.75, 3.05) is 30.0 Å². The highest BCUT2D eigenvalue weighted by molar-refractivity contribution is 8.03. The van der Waals surface area contributed by atoms with Gasteiger partial charge in [0.2, 0.25) is 5.52 Å². The number of rotatable bonds is 12. The topological polar surface area (TPSA) is 93.4 Å². The van der Waals surface area contributed by atoms with Gasteiger partial charge >= 0.3 is 12.1 Å². The summed E-state index contributed by atoms with van der Waals surface area (Å²) >= 11 is 4.95. The Morgan fingerprint density at radius 2 is 1.82 bits per heavy atom. The maximum atomic E-state index is 12.8. The first-order valence-electron chi connectivity index (χ1n) is 18.1. The molecule has 0 radical (unpaired) electrons. The highest BCUT2D eigenvalue weighted by atomic mass is 32.2. The number of anilines is 1. The number of nitrogens with zero attached hydrogens (tertiary/aromatic N) is 2. The number of allylic oxidation sites excluding steroid dienone is 6. The van der Waals surface area contributed by atoms with E-state index in [2.05, 4.69) is 70.2 Å². The molecule has 0 saturated carbocycles. The fraction of sp³-hybridized carbons (Fsp3) is 0.317. The van der Waals surface area contributed by atoms with Gasteiger partial charge in [0, 0.05) is 47.2 Å². The van der Waals surface area contributed by atoms with Gasteiger partial charge in [0.1, 0.15) is 4.70 Å². The van der Waals surface area contributed by atoms with Crippen molar-refractivity contribution in [1.82, 2.24) is 5.32 Å². The van der Waals surface area contributed by atoms with E-state index >= 15 is 0 Å². The average Bonchev–Trinajstić information content (AvgIpc) is 3.68. The molecule has 1 N–H and O–H groups in total. The number of hydrogen-bond acceptors (Lipinski definition) is 8. The molecule has 3 aliphatic rings. The Morgan fingerprint density at radius 1 is 1.02 bits per heavy atom. The SMILES string of the molecule is CSc1ccc2sc(/C=C3/C=C4C=C(/C=C5\Sc6ccc(-c7ccccc7)cc6N5CCCNC(=O)C(F)(F)F)CCC4CC3)[n+](CCCS(=O)(=O)[O-])c2c1. The Hall–Kier alpha value is -3.82. The summed E-state index contributed by atoms with van der Waals surface area (Å²) in [7, 11) is -4.31. The van der Waals surface area contributed by atoms with Crippen molar-refractivity contribution in [1.29, 1.82) is 0 Å². The van der Waals surface area contributed by atoms with Crippen LogP contribution in [0.1, 0.15) is 43.5 Å². The summed E-state index contributed by atoms with van der Waals surface area (Å²) in [6.45, 7) is 0.762. The molecule has 0 fully saturated rings. The number of amides is 1. The lowest BCUT2D eigenvalue weighted by molar-refractivity contribution is -0.668. The summed E-state index contributed by atoms with van der Waals surface area (Å²) in [4.78, 5) is 15.8. The molecule has 14 heteroatoms. The number of hydrogen-bond donors (Lipinski definition) is 1. The molecule has 1 aliphatic heterocycles. The van der Waals surface area contributed by atoms with E-state index in [4.69, 9.17) is 0 Å². The number of benzene rings is 3. The van der Waals surface area contributed by atoms with Gasteiger partial charge in [-0.25, -0.2) is 8.42 Å². The maximum Gasteiger partial charge on any atom is 0.471 e. The normalized spacial score (nSPS) is 18.7. The lowest BCUT2D eigenvalue weighted by Crippen LogP contribution is -2.38. The molecular weight excluding hydrogens is 784 g/mol. The Kier molecular flexibility index (Phi) is 12.0. The number of fused-ring (bicyclic) bond motifs is 3. The van der Waals surface area contributed by atoms with Crippen molar-refractivity contribution in [3.63, 3.8) is 0 Å². The van der Waals surface area contributed by atoms with Crippen molar-refractivity contribution in [3.8, 4) is 11.1 Å². The Bertz CT molecular complexity index is 2330. The molecule has 0 spiro atoms. The van der Waals surface area contributed by atoms with E-state index in [0.717, 1.165) is 72.5 Å². The standard InChI is InChI=1S/C41H40F3N3O4S4/c1-52-33-14-16-37-35(26-33)47(19-6-20-55(49,50)51)39(54-37)24-28-10-12-30-11-9-27(21-32(30)22-28)23-38-46(18-5-17-45-40(48)41(42,43)44)34-25-31(13-15-36(34)53-38)29-7-3-2-4-8-29/h2-4,7-8,13-16,21-26,30H,5-6,9-12,17-20H2,1H3,(H-,45,48,49,50,51). The van der Waals surface area contributed by atoms with Crippen molar-refractivity contribution < 1.29 is 35.5 Å². The molecule has 0 saturated heterocycles. The number of nitrogens with one attached hydrogen (secondary N) is 1. The number of aryl methyl sites for hydroxylation is 1. The van der Waals surface area contributed by atoms with Crippen LogP contribution in [0.2, 0.25) is 0 Å². The van der Waals surface area contributed by atoms with E-state index in [0.29, 0.717) is 25.4 Å². The molecule has 55 heavy (non-hydrogen) atoms. The summed E-state index contributed by atoms with van der Waals surface area (Å²) in [5.41, 5.74) is 7.76. The Labute approximate surface area is 331 Å². The molecule has 288 valence electrons. The summed E-state index contributed by atoms with van der Waals surface area (Å²) in [6, 6.07) is 22.6. The first kappa shape index (κ1) is 39.4. The average molecular weight is 824 g/mol. The van der Waals surface area contributed by atoms with Gasteiger partial charge < -0.3 is 14.8 Å². The van der Waals surface area contributed by atoms with Crippen LogP contribution in [0.25, 0.3) is 27.4 Å². The predicted molar refractivity (Wildman–Crippen MR) is 216 cm³/mol. The van der Waals surface area contributed by atoms with E-state index in [1.54, 1.807) is 34.9 Å². The number of aromatic nitrogens is 1. The predicted octanol–water partition coefficient (Wildman–Crippen LogP) is 9.48. The van der Waals surface area contributed by atoms with Crippen LogP contribution in [0, 0.1) is 5.92 Å². The fourth-order valence-electron chi connectivity index (χ4n) is 7.29. The van der Waals surface area contributed by atoms with E-state index in [1.807, 2.05) is 41.9 Å². The first-order chi connectivity index (χ1) is 26.3. The molecule has 0 bridgehead atoms. The second kappa shape index (κ2) is 16.7. The third-order valence-electron chi connectivity index (χ3n) is 10.0. The third kappa shape index (κ3) is 9.60. The van der Waals surface area contributed by atoms with Crippen LogP contribution in [0.15, 0.2) is 116 Å². The molecule has 2 heterocycles. The summed E-state index contributed by atoms with van der Waals surface area (Å²) in [5.74, 6) is -1.90. The molecule has 4 aromatic rings. The molecule has 1 amide bonds. The van der Waals surface area contributed by atoms with Crippen molar-refractivity contribution in [2.24, 2.45) is 5.92 Å². The van der Waals surface area contributed by atoms with Crippen LogP contribution in [0.5, 0.6) is 0 Å². The maximum absolute atomic E-state index is 12.8. The molecular formula is C41H40F3N3O4S4. The highest BCUT2D eigenvalue weighted by Crippen LogP contribution is 2.49. The number of thiazole rings is 1. The van der Waals surface area contributed by atoms with Crippen LogP contribution in [-0.2, 0) is 21.5 Å². The van der Waals surface area contributed by atoms with E-state index in [9.17, 15) is 30.9 Å². The minimum atomic E-state index is -4.92. The van der Waals surface area contributed by atoms with Crippen LogP contribution in [0.4, 0.5) is 18.9 Å². The second-order valence-corrected chi connectivity index (χ2v) is 18.3. The molecule has 1 atom stereocenters. The number of halogens is 3. The minimum Gasteiger partial charge on any atom is -0.748 e. The van der Waals surface area contributed by atoms with Gasteiger partial charge in [-0.3, -0.25) is 4.79 Å². The smallest absolute Gasteiger partial charge is 0.471 e. The summed E-state index contributed by atoms with van der Waals surface area (Å²) in [5, 5.41) is 4.02. The van der Waals surface area contributed by atoms with Crippen molar-refractivity contribution >= 4 is 72.9 Å². The van der Waals surface area contributed by atoms with E-state index < -0.39 is 28.0 Å². The number of carbonyl (C=O) groups excluding carboxylic acids is 1. The minimum absolute atomic E-state index is 0.0941. The molecule has 3 aromatic carbocycles. The van der Waals surface area contributed by atoms with Gasteiger partial charge in [0.05, 0.1) is 20.8 Å². The van der Waals surface area contributed by atoms with Gasteiger partial charge in [-0.2, -0.15) is 17.7 Å². The summed E-state index contributed by atoms with van der Waals surface area (Å²) < 4.78 is 76.0. The molecule has 7 nitrogen and oxygen atoms in total. The first-order valence-corrected chi connectivity index (χ1v) is 22.6. The van der Waals surface area contributed by atoms with Gasteiger partial charge in [-0.1, -0.05) is 71.6 Å². The van der Waals surface area contributed by atoms with E-state index in [-0.39, 0.29) is 13.0 Å². The Balaban J connectivity index is 1.17. The number of thioether (sulfide) groups is 2. The van der Waals surface area contributed by atoms with Crippen LogP contribution in [0.3, 0.4) is 0 Å². The zero-order valence-corrected chi connectivity index (χ0v) is 33.4. The highest BCUT2D eigenvalue weighted by Gasteiger charge is 2.38. The Morgan fingerprint density at radius 3 is 2.58 bits per heavy atom. The van der Waals surface area contributed by atoms with Crippen molar-refractivity contribution in [3.05, 3.63) is 112 Å². The molecule has 2 aliphatic carbocycles. The number of carbonyl (C=O) groups is 1. The summed E-state index contributed by atoms with van der Waals surface area (Å²) in [6.07, 6.45) is 10.5. The molecule has 1 unspecified atom stereocenters. The fourth-order valence-corrected chi connectivity index (χ4v) is 10.5. The molecule has 1 aromatic heterocycles. The lowest BCUT2D eigenvalue weighted by Gasteiger charge is -2.29. The van der Waals surface area contributed by atoms with Gasteiger partial charge in [0.15, 0.2) is 6.54 Å². The monoisotopic (exact) mass is 823 g/mol. The third-order valence-corrected chi connectivity index (χ3v) is 13.7. The zero-order valence-electron chi connectivity index (χ0n) is 30.1. The van der Waals surface area contributed by atoms with Gasteiger partial charge in [0.25, 0.3) is 5.01 Å². The second-order valence-electron chi connectivity index (χ2n) is 13.8. The zero-order chi connectivity index (χ0) is 38.7. The van der Waals surface area contributed by atoms with Gasteiger partial charge in [-0.15, -0.1) is 11.8 Å². The van der Waals surface area contributed by atoms with E-state index in [1.165, 1.54) is 16.7 Å².